The van der Waals surface area contributed by atoms with Crippen LogP contribution in [0.3, 0.4) is 0 Å². The van der Waals surface area contributed by atoms with Gasteiger partial charge in [0.15, 0.2) is 0 Å². The number of benzene rings is 6. The van der Waals surface area contributed by atoms with E-state index in [1.54, 1.807) is 0 Å². The van der Waals surface area contributed by atoms with Gasteiger partial charge >= 0.3 is 234 Å². The molecule has 0 aliphatic rings. The Morgan fingerprint density at radius 3 is 1.08 bits per heavy atom. The first-order chi connectivity index (χ1) is 18.8. The van der Waals surface area contributed by atoms with E-state index in [-0.39, 0.29) is 0 Å². The molecule has 0 atom stereocenters. The minimum absolute atomic E-state index is 0.410. The Bertz CT molecular complexity index is 1990. The summed E-state index contributed by atoms with van der Waals surface area (Å²) in [6.45, 7) is 0. The van der Waals surface area contributed by atoms with Crippen molar-refractivity contribution in [2.75, 3.05) is 0 Å². The molecule has 0 saturated carbocycles. The zero-order valence-electron chi connectivity index (χ0n) is 20.5. The fourth-order valence-corrected chi connectivity index (χ4v) is 10.1. The van der Waals surface area contributed by atoms with Crippen LogP contribution in [0.25, 0.3) is 72.0 Å². The third-order valence-corrected chi connectivity index (χ3v) is 12.3. The van der Waals surface area contributed by atoms with Crippen LogP contribution in [-0.4, -0.2) is 29.0 Å². The van der Waals surface area contributed by atoms with Gasteiger partial charge in [0, 0.05) is 0 Å². The van der Waals surface area contributed by atoms with E-state index in [2.05, 4.69) is 133 Å². The fraction of sp³-hybridized carbons (Fsp3) is 0. The van der Waals surface area contributed by atoms with Gasteiger partial charge < -0.3 is 0 Å². The molecule has 2 heterocycles. The quantitative estimate of drug-likeness (QED) is 0.175. The van der Waals surface area contributed by atoms with Gasteiger partial charge in [0.05, 0.1) is 0 Å². The summed E-state index contributed by atoms with van der Waals surface area (Å²) >= 11 is 0.820. The first-order valence-electron chi connectivity index (χ1n) is 12.8. The Balaban J connectivity index is 1.20. The van der Waals surface area contributed by atoms with Gasteiger partial charge in [-0.2, -0.15) is 0 Å². The maximum absolute atomic E-state index is 2.39. The van der Waals surface area contributed by atoms with Crippen molar-refractivity contribution in [3.63, 3.8) is 0 Å². The van der Waals surface area contributed by atoms with Gasteiger partial charge in [0.25, 0.3) is 0 Å². The molecule has 0 unspecified atom stereocenters. The molecule has 8 aromatic rings. The SMILES string of the molecule is c1cc(-c2cccc(-c3ccc4[se]c5ccccc5c4c3)c2)cc(-c2ccc3[se]c4ccccc4c3c2)c1. The van der Waals surface area contributed by atoms with Crippen molar-refractivity contribution in [2.45, 2.75) is 0 Å². The molecule has 6 aromatic carbocycles. The van der Waals surface area contributed by atoms with Crippen molar-refractivity contribution in [3.05, 3.63) is 133 Å². The van der Waals surface area contributed by atoms with Crippen molar-refractivity contribution >= 4 is 67.6 Å². The second kappa shape index (κ2) is 8.98. The molecule has 0 bridgehead atoms. The predicted molar refractivity (Wildman–Crippen MR) is 167 cm³/mol. The van der Waals surface area contributed by atoms with Crippen LogP contribution in [0, 0.1) is 0 Å². The molecule has 0 aliphatic heterocycles. The third-order valence-electron chi connectivity index (χ3n) is 7.48. The molecule has 38 heavy (non-hydrogen) atoms. The summed E-state index contributed by atoms with van der Waals surface area (Å²) in [4.78, 5) is 0. The van der Waals surface area contributed by atoms with E-state index in [1.165, 1.54) is 72.0 Å². The van der Waals surface area contributed by atoms with Crippen molar-refractivity contribution in [1.82, 2.24) is 0 Å². The molecular weight excluding hydrogens is 590 g/mol. The number of hydrogen-bond donors (Lipinski definition) is 0. The second-order valence-corrected chi connectivity index (χ2v) is 14.3. The van der Waals surface area contributed by atoms with E-state index in [4.69, 9.17) is 0 Å². The average Bonchev–Trinajstić information content (AvgIpc) is 3.55. The van der Waals surface area contributed by atoms with Crippen LogP contribution >= 0.6 is 0 Å². The summed E-state index contributed by atoms with van der Waals surface area (Å²) < 4.78 is 5.97. The van der Waals surface area contributed by atoms with Crippen LogP contribution in [0.4, 0.5) is 0 Å². The summed E-state index contributed by atoms with van der Waals surface area (Å²) in [5, 5.41) is 5.63. The van der Waals surface area contributed by atoms with Crippen LogP contribution < -0.4 is 0 Å². The fourth-order valence-electron chi connectivity index (χ4n) is 5.57. The zero-order valence-corrected chi connectivity index (χ0v) is 23.9. The normalized spacial score (nSPS) is 11.7. The molecule has 2 heteroatoms. The van der Waals surface area contributed by atoms with Crippen molar-refractivity contribution < 1.29 is 0 Å². The minimum atomic E-state index is 0.410. The molecule has 0 N–H and O–H groups in total. The number of hydrogen-bond acceptors (Lipinski definition) is 0. The monoisotopic (exact) mass is 614 g/mol. The average molecular weight is 612 g/mol. The third kappa shape index (κ3) is 3.73. The molecule has 0 aliphatic carbocycles. The van der Waals surface area contributed by atoms with E-state index in [0.29, 0.717) is 29.0 Å². The zero-order chi connectivity index (χ0) is 25.1. The standard InChI is InChI=1S/C36H22Se2/c1-3-13-33-29(11-1)31-21-27(15-17-35(31)37-33)25-9-5-7-23(19-25)24-8-6-10-26(20-24)28-16-18-36-32(22-28)30-12-2-4-14-34(30)38-36/h1-22H. The van der Waals surface area contributed by atoms with Gasteiger partial charge in [-0.3, -0.25) is 0 Å². The molecule has 2 aromatic heterocycles. The van der Waals surface area contributed by atoms with Gasteiger partial charge in [0.1, 0.15) is 0 Å². The van der Waals surface area contributed by atoms with Gasteiger partial charge in [-0.05, 0) is 0 Å². The van der Waals surface area contributed by atoms with E-state index in [0.717, 1.165) is 0 Å². The maximum atomic E-state index is 2.39. The van der Waals surface area contributed by atoms with Crippen LogP contribution in [0.1, 0.15) is 0 Å². The molecule has 178 valence electrons. The summed E-state index contributed by atoms with van der Waals surface area (Å²) in [6, 6.07) is 49.8. The van der Waals surface area contributed by atoms with Crippen molar-refractivity contribution in [2.24, 2.45) is 0 Å². The topological polar surface area (TPSA) is 0 Å². The van der Waals surface area contributed by atoms with Crippen molar-refractivity contribution in [1.29, 1.82) is 0 Å². The molecule has 0 spiro atoms. The van der Waals surface area contributed by atoms with Gasteiger partial charge in [0.2, 0.25) is 0 Å². The molecule has 0 nitrogen and oxygen atoms in total. The summed E-state index contributed by atoms with van der Waals surface area (Å²) in [5.74, 6) is 0. The first kappa shape index (κ1) is 22.4. The predicted octanol–water partition coefficient (Wildman–Crippen LogP) is 9.41. The molecule has 0 radical (unpaired) electrons. The van der Waals surface area contributed by atoms with E-state index in [9.17, 15) is 0 Å². The molecule has 0 amide bonds. The van der Waals surface area contributed by atoms with Crippen LogP contribution in [0.5, 0.6) is 0 Å². The molecular formula is C36H22Se2. The Morgan fingerprint density at radius 1 is 0.263 bits per heavy atom. The summed E-state index contributed by atoms with van der Waals surface area (Å²) in [6.07, 6.45) is 0. The van der Waals surface area contributed by atoms with Crippen LogP contribution in [-0.2, 0) is 0 Å². The van der Waals surface area contributed by atoms with Gasteiger partial charge in [-0.15, -0.1) is 0 Å². The summed E-state index contributed by atoms with van der Waals surface area (Å²) in [5.41, 5.74) is 7.61. The number of rotatable bonds is 3. The second-order valence-electron chi connectivity index (χ2n) is 9.78. The molecule has 8 rings (SSSR count). The van der Waals surface area contributed by atoms with E-state index in [1.807, 2.05) is 0 Å². The number of fused-ring (bicyclic) bond motifs is 6. The Morgan fingerprint density at radius 2 is 0.632 bits per heavy atom. The first-order valence-corrected chi connectivity index (χ1v) is 16.3. The molecule has 0 saturated heterocycles. The van der Waals surface area contributed by atoms with Crippen molar-refractivity contribution in [3.8, 4) is 33.4 Å². The van der Waals surface area contributed by atoms with Gasteiger partial charge in [-0.25, -0.2) is 0 Å². The summed E-state index contributed by atoms with van der Waals surface area (Å²) in [7, 11) is 0. The van der Waals surface area contributed by atoms with E-state index >= 15 is 0 Å². The Kier molecular flexibility index (Phi) is 5.28. The van der Waals surface area contributed by atoms with Gasteiger partial charge in [-0.1, -0.05) is 0 Å². The Hall–Kier alpha value is -3.64. The Labute approximate surface area is 233 Å². The van der Waals surface area contributed by atoms with Crippen LogP contribution in [0.15, 0.2) is 133 Å². The molecule has 0 fully saturated rings. The van der Waals surface area contributed by atoms with Crippen LogP contribution in [0.2, 0.25) is 0 Å². The van der Waals surface area contributed by atoms with E-state index < -0.39 is 0 Å².